The predicted molar refractivity (Wildman–Crippen MR) is 110 cm³/mol. The molecule has 1 unspecified atom stereocenters. The van der Waals surface area contributed by atoms with E-state index in [1.807, 2.05) is 5.38 Å². The first-order valence-electron chi connectivity index (χ1n) is 9.07. The molecule has 0 saturated heterocycles. The lowest BCUT2D eigenvalue weighted by Crippen LogP contribution is -2.16. The third-order valence-corrected chi connectivity index (χ3v) is 6.07. The first-order chi connectivity index (χ1) is 14.1. The fourth-order valence-electron chi connectivity index (χ4n) is 2.99. The van der Waals surface area contributed by atoms with Gasteiger partial charge in [-0.15, -0.1) is 22.7 Å². The summed E-state index contributed by atoms with van der Waals surface area (Å²) < 4.78 is 5.11. The van der Waals surface area contributed by atoms with Crippen LogP contribution in [0.4, 0.5) is 16.2 Å². The Hall–Kier alpha value is -2.92. The van der Waals surface area contributed by atoms with Crippen molar-refractivity contribution in [2.24, 2.45) is 0 Å². The summed E-state index contributed by atoms with van der Waals surface area (Å²) in [7, 11) is 0. The van der Waals surface area contributed by atoms with Crippen molar-refractivity contribution in [3.8, 4) is 0 Å². The van der Waals surface area contributed by atoms with E-state index in [0.29, 0.717) is 34.9 Å². The monoisotopic (exact) mass is 430 g/mol. The van der Waals surface area contributed by atoms with E-state index in [1.165, 1.54) is 22.7 Å². The summed E-state index contributed by atoms with van der Waals surface area (Å²) in [4.78, 5) is 42.5. The van der Waals surface area contributed by atoms with Gasteiger partial charge in [0.2, 0.25) is 11.9 Å². The number of anilines is 3. The molecule has 0 aliphatic heterocycles. The minimum absolute atomic E-state index is 0.124. The van der Waals surface area contributed by atoms with Crippen LogP contribution in [0.1, 0.15) is 35.5 Å². The zero-order valence-corrected chi connectivity index (χ0v) is 17.2. The number of nitrogens with one attached hydrogen (secondary N) is 2. The number of carbonyl (C=O) groups is 2. The van der Waals surface area contributed by atoms with Gasteiger partial charge in [-0.05, 0) is 25.8 Å². The summed E-state index contributed by atoms with van der Waals surface area (Å²) >= 11 is 2.78. The van der Waals surface area contributed by atoms with Gasteiger partial charge in [0.15, 0.2) is 10.3 Å². The van der Waals surface area contributed by atoms with Gasteiger partial charge in [0.1, 0.15) is 5.92 Å². The SMILES string of the molecule is CCOC(=O)C1CCc2sc(NC(=O)Cc3csc(Nc4ncccn4)n3)nc21. The molecule has 3 aromatic rings. The zero-order chi connectivity index (χ0) is 20.2. The maximum Gasteiger partial charge on any atom is 0.315 e. The summed E-state index contributed by atoms with van der Waals surface area (Å²) in [5, 5.41) is 8.73. The van der Waals surface area contributed by atoms with E-state index in [9.17, 15) is 9.59 Å². The number of rotatable bonds is 7. The first-order valence-corrected chi connectivity index (χ1v) is 10.8. The Morgan fingerprint density at radius 1 is 1.24 bits per heavy atom. The van der Waals surface area contributed by atoms with Gasteiger partial charge in [-0.1, -0.05) is 0 Å². The molecule has 0 saturated carbocycles. The molecule has 0 bridgehead atoms. The second-order valence-corrected chi connectivity index (χ2v) is 8.18. The fourth-order valence-corrected chi connectivity index (χ4v) is 4.74. The van der Waals surface area contributed by atoms with Gasteiger partial charge in [0, 0.05) is 22.7 Å². The predicted octanol–water partition coefficient (Wildman–Crippen LogP) is 2.91. The molecule has 0 fully saturated rings. The van der Waals surface area contributed by atoms with Crippen LogP contribution in [0.3, 0.4) is 0 Å². The van der Waals surface area contributed by atoms with Crippen molar-refractivity contribution in [3.63, 3.8) is 0 Å². The van der Waals surface area contributed by atoms with E-state index < -0.39 is 0 Å². The highest BCUT2D eigenvalue weighted by Gasteiger charge is 2.33. The number of aromatic nitrogens is 4. The minimum Gasteiger partial charge on any atom is -0.465 e. The normalized spacial score (nSPS) is 15.0. The fraction of sp³-hybridized carbons (Fsp3) is 0.333. The third kappa shape index (κ3) is 4.57. The van der Waals surface area contributed by atoms with Crippen LogP contribution in [0.15, 0.2) is 23.8 Å². The Morgan fingerprint density at radius 3 is 2.86 bits per heavy atom. The smallest absolute Gasteiger partial charge is 0.315 e. The van der Waals surface area contributed by atoms with Crippen LogP contribution < -0.4 is 10.6 Å². The molecule has 3 heterocycles. The van der Waals surface area contributed by atoms with Gasteiger partial charge >= 0.3 is 5.97 Å². The first kappa shape index (κ1) is 19.4. The van der Waals surface area contributed by atoms with Crippen molar-refractivity contribution < 1.29 is 14.3 Å². The average Bonchev–Trinajstić information content (AvgIpc) is 3.39. The number of thiazole rings is 2. The van der Waals surface area contributed by atoms with E-state index in [0.717, 1.165) is 17.0 Å². The summed E-state index contributed by atoms with van der Waals surface area (Å²) in [6, 6.07) is 1.73. The molecule has 1 amide bonds. The molecule has 1 aliphatic rings. The summed E-state index contributed by atoms with van der Waals surface area (Å²) in [6.07, 6.45) is 4.87. The second kappa shape index (κ2) is 8.62. The van der Waals surface area contributed by atoms with E-state index in [1.54, 1.807) is 25.4 Å². The summed E-state index contributed by atoms with van der Waals surface area (Å²) in [5.41, 5.74) is 1.37. The van der Waals surface area contributed by atoms with Crippen LogP contribution in [0.5, 0.6) is 0 Å². The molecule has 1 aliphatic carbocycles. The number of aryl methyl sites for hydroxylation is 1. The summed E-state index contributed by atoms with van der Waals surface area (Å²) in [5.74, 6) is -0.345. The van der Waals surface area contributed by atoms with E-state index in [-0.39, 0.29) is 24.2 Å². The largest absolute Gasteiger partial charge is 0.465 e. The quantitative estimate of drug-likeness (QED) is 0.549. The van der Waals surface area contributed by atoms with Crippen LogP contribution in [-0.4, -0.2) is 38.4 Å². The molecular weight excluding hydrogens is 412 g/mol. The topological polar surface area (TPSA) is 119 Å². The van der Waals surface area contributed by atoms with Crippen molar-refractivity contribution in [1.29, 1.82) is 0 Å². The number of ether oxygens (including phenoxy) is 1. The van der Waals surface area contributed by atoms with Crippen molar-refractivity contribution in [2.45, 2.75) is 32.1 Å². The maximum atomic E-state index is 12.4. The van der Waals surface area contributed by atoms with Crippen LogP contribution >= 0.6 is 22.7 Å². The van der Waals surface area contributed by atoms with Crippen LogP contribution in [-0.2, 0) is 27.2 Å². The van der Waals surface area contributed by atoms with Crippen LogP contribution in [0.25, 0.3) is 0 Å². The van der Waals surface area contributed by atoms with Gasteiger partial charge in [0.05, 0.1) is 24.4 Å². The highest BCUT2D eigenvalue weighted by molar-refractivity contribution is 7.16. The number of hydrogen-bond donors (Lipinski definition) is 2. The van der Waals surface area contributed by atoms with E-state index in [4.69, 9.17) is 4.74 Å². The van der Waals surface area contributed by atoms with Gasteiger partial charge in [-0.2, -0.15) is 0 Å². The molecule has 29 heavy (non-hydrogen) atoms. The highest BCUT2D eigenvalue weighted by Crippen LogP contribution is 2.39. The van der Waals surface area contributed by atoms with Crippen molar-refractivity contribution in [1.82, 2.24) is 19.9 Å². The highest BCUT2D eigenvalue weighted by atomic mass is 32.1. The Balaban J connectivity index is 1.35. The van der Waals surface area contributed by atoms with Crippen molar-refractivity contribution in [2.75, 3.05) is 17.2 Å². The third-order valence-electron chi connectivity index (χ3n) is 4.21. The number of esters is 1. The lowest BCUT2D eigenvalue weighted by molar-refractivity contribution is -0.145. The maximum absolute atomic E-state index is 12.4. The zero-order valence-electron chi connectivity index (χ0n) is 15.5. The number of amides is 1. The van der Waals surface area contributed by atoms with Crippen LogP contribution in [0, 0.1) is 0 Å². The molecule has 2 N–H and O–H groups in total. The van der Waals surface area contributed by atoms with Gasteiger partial charge in [-0.25, -0.2) is 19.9 Å². The Bertz CT molecular complexity index is 1020. The van der Waals surface area contributed by atoms with Gasteiger partial charge < -0.3 is 15.4 Å². The van der Waals surface area contributed by atoms with E-state index in [2.05, 4.69) is 30.6 Å². The molecule has 0 aromatic carbocycles. The molecular formula is C18H18N6O3S2. The Morgan fingerprint density at radius 2 is 2.07 bits per heavy atom. The molecule has 3 aromatic heterocycles. The van der Waals surface area contributed by atoms with Crippen molar-refractivity contribution >= 4 is 50.8 Å². The number of hydrogen-bond acceptors (Lipinski definition) is 10. The molecule has 4 rings (SSSR count). The number of fused-ring (bicyclic) bond motifs is 1. The van der Waals surface area contributed by atoms with E-state index >= 15 is 0 Å². The molecule has 11 heteroatoms. The number of carbonyl (C=O) groups excluding carboxylic acids is 2. The molecule has 150 valence electrons. The van der Waals surface area contributed by atoms with Crippen LogP contribution in [0.2, 0.25) is 0 Å². The molecule has 0 radical (unpaired) electrons. The second-order valence-electron chi connectivity index (χ2n) is 6.24. The summed E-state index contributed by atoms with van der Waals surface area (Å²) in [6.45, 7) is 2.13. The number of nitrogens with zero attached hydrogens (tertiary/aromatic N) is 4. The Kier molecular flexibility index (Phi) is 5.76. The molecule has 1 atom stereocenters. The van der Waals surface area contributed by atoms with Crippen molar-refractivity contribution in [3.05, 3.63) is 40.1 Å². The minimum atomic E-state index is -0.334. The van der Waals surface area contributed by atoms with Gasteiger partial charge in [-0.3, -0.25) is 9.59 Å². The van der Waals surface area contributed by atoms with Gasteiger partial charge in [0.25, 0.3) is 0 Å². The lowest BCUT2D eigenvalue weighted by atomic mass is 10.1. The lowest BCUT2D eigenvalue weighted by Gasteiger charge is -2.07. The Labute approximate surface area is 174 Å². The standard InChI is InChI=1S/C18H18N6O3S2/c1-2-27-15(26)11-4-5-12-14(11)23-18(29-12)22-13(25)8-10-9-28-17(21-10)24-16-19-6-3-7-20-16/h3,6-7,9,11H,2,4-5,8H2,1H3,(H,22,23,25)(H,19,20,21,24). The average molecular weight is 431 g/mol. The molecule has 9 nitrogen and oxygen atoms in total. The molecule has 0 spiro atoms.